The molecule has 0 radical (unpaired) electrons. The minimum absolute atomic E-state index is 0.117. The minimum atomic E-state index is -0.150. The standard InChI is InChI=1S/C36H40N4/c1-23(2)27-16-13-17-28(24(3)4)32(27)31-22-37-34-33(39-31)38-30-19-12-11-18-29(30)36(7)21-20-35(36,6)25(5)40(34)26-14-9-8-10-15-26/h8-25H,1-7H3,(H,38,39). The molecule has 1 aliphatic carbocycles. The molecule has 2 heterocycles. The summed E-state index contributed by atoms with van der Waals surface area (Å²) in [4.78, 5) is 13.0. The topological polar surface area (TPSA) is 41.1 Å². The molecule has 0 saturated carbocycles. The second-order valence-corrected chi connectivity index (χ2v) is 12.4. The molecule has 1 aromatic heterocycles. The Morgan fingerprint density at radius 1 is 0.800 bits per heavy atom. The predicted octanol–water partition coefficient (Wildman–Crippen LogP) is 9.51. The van der Waals surface area contributed by atoms with Crippen LogP contribution in [0.3, 0.4) is 0 Å². The van der Waals surface area contributed by atoms with Crippen LogP contribution in [0.2, 0.25) is 0 Å². The highest BCUT2D eigenvalue weighted by molar-refractivity contribution is 5.81. The van der Waals surface area contributed by atoms with E-state index >= 15 is 0 Å². The van der Waals surface area contributed by atoms with Crippen molar-refractivity contribution >= 4 is 23.0 Å². The van der Waals surface area contributed by atoms with Gasteiger partial charge >= 0.3 is 0 Å². The lowest BCUT2D eigenvalue weighted by atomic mass is 9.51. The number of allylic oxidation sites excluding steroid dienone is 1. The largest absolute Gasteiger partial charge is 0.337 e. The zero-order valence-corrected chi connectivity index (χ0v) is 24.7. The van der Waals surface area contributed by atoms with Crippen LogP contribution in [-0.4, -0.2) is 16.0 Å². The van der Waals surface area contributed by atoms with Crippen LogP contribution in [0, 0.1) is 5.41 Å². The van der Waals surface area contributed by atoms with Gasteiger partial charge < -0.3 is 10.2 Å². The number of benzene rings is 3. The van der Waals surface area contributed by atoms with E-state index in [-0.39, 0.29) is 16.9 Å². The van der Waals surface area contributed by atoms with E-state index in [0.717, 1.165) is 28.7 Å². The Bertz CT molecular complexity index is 1560. The molecule has 3 atom stereocenters. The lowest BCUT2D eigenvalue weighted by molar-refractivity contribution is 0.190. The number of para-hydroxylation sites is 2. The molecule has 3 aromatic carbocycles. The van der Waals surface area contributed by atoms with Crippen molar-refractivity contribution in [3.05, 3.63) is 108 Å². The maximum Gasteiger partial charge on any atom is 0.176 e. The molecule has 6 rings (SSSR count). The third-order valence-corrected chi connectivity index (χ3v) is 9.52. The molecule has 0 amide bonds. The molecule has 1 N–H and O–H groups in total. The second kappa shape index (κ2) is 9.62. The summed E-state index contributed by atoms with van der Waals surface area (Å²) in [6.45, 7) is 16.1. The Balaban J connectivity index is 1.64. The molecule has 0 bridgehead atoms. The summed E-state index contributed by atoms with van der Waals surface area (Å²) in [5.74, 6) is 2.37. The number of rotatable bonds is 4. The summed E-state index contributed by atoms with van der Waals surface area (Å²) < 4.78 is 0. The van der Waals surface area contributed by atoms with Gasteiger partial charge in [-0.25, -0.2) is 9.97 Å². The van der Waals surface area contributed by atoms with Crippen molar-refractivity contribution in [3.8, 4) is 11.3 Å². The van der Waals surface area contributed by atoms with Crippen LogP contribution >= 0.6 is 0 Å². The van der Waals surface area contributed by atoms with Crippen LogP contribution < -0.4 is 10.2 Å². The summed E-state index contributed by atoms with van der Waals surface area (Å²) in [6.07, 6.45) is 6.73. The molecule has 4 nitrogen and oxygen atoms in total. The van der Waals surface area contributed by atoms with Gasteiger partial charge in [0.15, 0.2) is 11.6 Å². The summed E-state index contributed by atoms with van der Waals surface area (Å²) >= 11 is 0. The van der Waals surface area contributed by atoms with Gasteiger partial charge in [0.25, 0.3) is 0 Å². The molecule has 1 aliphatic heterocycles. The lowest BCUT2D eigenvalue weighted by Crippen LogP contribution is -2.56. The van der Waals surface area contributed by atoms with Gasteiger partial charge in [-0.15, -0.1) is 0 Å². The fourth-order valence-corrected chi connectivity index (χ4v) is 6.72. The fourth-order valence-electron chi connectivity index (χ4n) is 6.72. The van der Waals surface area contributed by atoms with E-state index in [4.69, 9.17) is 9.97 Å². The van der Waals surface area contributed by atoms with Crippen molar-refractivity contribution in [1.29, 1.82) is 0 Å². The Hall–Kier alpha value is -3.92. The van der Waals surface area contributed by atoms with E-state index in [2.05, 4.69) is 144 Å². The van der Waals surface area contributed by atoms with E-state index in [1.807, 2.05) is 6.20 Å². The molecular weight excluding hydrogens is 488 g/mol. The van der Waals surface area contributed by atoms with Crippen LogP contribution in [0.4, 0.5) is 23.0 Å². The van der Waals surface area contributed by atoms with Gasteiger partial charge in [0.05, 0.1) is 11.9 Å². The number of hydrogen-bond acceptors (Lipinski definition) is 4. The van der Waals surface area contributed by atoms with Gasteiger partial charge in [0.2, 0.25) is 0 Å². The van der Waals surface area contributed by atoms with Crippen molar-refractivity contribution in [1.82, 2.24) is 9.97 Å². The smallest absolute Gasteiger partial charge is 0.176 e. The first-order valence-corrected chi connectivity index (χ1v) is 14.6. The van der Waals surface area contributed by atoms with Crippen molar-refractivity contribution in [2.45, 2.75) is 71.8 Å². The summed E-state index contributed by atoms with van der Waals surface area (Å²) in [7, 11) is 0. The minimum Gasteiger partial charge on any atom is -0.337 e. The van der Waals surface area contributed by atoms with Crippen LogP contribution in [0.25, 0.3) is 11.3 Å². The molecule has 4 aromatic rings. The lowest BCUT2D eigenvalue weighted by Gasteiger charge is -2.56. The van der Waals surface area contributed by atoms with E-state index in [1.54, 1.807) is 0 Å². The summed E-state index contributed by atoms with van der Waals surface area (Å²) in [5, 5.41) is 3.79. The molecular formula is C36H40N4. The molecule has 0 fully saturated rings. The van der Waals surface area contributed by atoms with Crippen molar-refractivity contribution in [3.63, 3.8) is 0 Å². The van der Waals surface area contributed by atoms with E-state index in [0.29, 0.717) is 11.8 Å². The third-order valence-electron chi connectivity index (χ3n) is 9.52. The van der Waals surface area contributed by atoms with Crippen LogP contribution in [0.1, 0.15) is 77.0 Å². The van der Waals surface area contributed by atoms with E-state index < -0.39 is 0 Å². The Kier molecular flexibility index (Phi) is 6.33. The van der Waals surface area contributed by atoms with Crippen LogP contribution in [0.15, 0.2) is 91.1 Å². The zero-order valence-electron chi connectivity index (χ0n) is 24.7. The van der Waals surface area contributed by atoms with Gasteiger partial charge in [-0.1, -0.05) is 108 Å². The number of nitrogens with zero attached hydrogens (tertiary/aromatic N) is 3. The highest BCUT2D eigenvalue weighted by Gasteiger charge is 2.55. The first kappa shape index (κ1) is 26.3. The molecule has 3 unspecified atom stereocenters. The maximum absolute atomic E-state index is 5.40. The van der Waals surface area contributed by atoms with E-state index in [1.165, 1.54) is 22.3 Å². The molecule has 2 aliphatic rings. The van der Waals surface area contributed by atoms with Gasteiger partial charge in [-0.3, -0.25) is 0 Å². The zero-order chi connectivity index (χ0) is 28.2. The Morgan fingerprint density at radius 3 is 2.08 bits per heavy atom. The average molecular weight is 529 g/mol. The predicted molar refractivity (Wildman–Crippen MR) is 168 cm³/mol. The SMILES string of the molecule is CC(C)c1cccc(C(C)C)c1-c1cnc2c(n1)Nc1ccccc1C1(C)C=CC1(C)C(C)N2c1ccccc1. The monoisotopic (exact) mass is 528 g/mol. The Morgan fingerprint density at radius 2 is 1.45 bits per heavy atom. The quantitative estimate of drug-likeness (QED) is 0.268. The van der Waals surface area contributed by atoms with Gasteiger partial charge in [-0.2, -0.15) is 0 Å². The van der Waals surface area contributed by atoms with E-state index in [9.17, 15) is 0 Å². The third kappa shape index (κ3) is 3.88. The summed E-state index contributed by atoms with van der Waals surface area (Å²) in [5.41, 5.74) is 7.93. The average Bonchev–Trinajstić information content (AvgIpc) is 2.97. The Labute approximate surface area is 239 Å². The number of aromatic nitrogens is 2. The molecule has 40 heavy (non-hydrogen) atoms. The van der Waals surface area contributed by atoms with Crippen LogP contribution in [0.5, 0.6) is 0 Å². The molecule has 4 heteroatoms. The highest BCUT2D eigenvalue weighted by atomic mass is 15.3. The first-order chi connectivity index (χ1) is 19.2. The molecule has 0 spiro atoms. The van der Waals surface area contributed by atoms with Crippen molar-refractivity contribution in [2.75, 3.05) is 10.2 Å². The van der Waals surface area contributed by atoms with Gasteiger partial charge in [0, 0.05) is 33.8 Å². The number of fused-ring (bicyclic) bond motifs is 4. The first-order valence-electron chi connectivity index (χ1n) is 14.6. The normalized spacial score (nSPS) is 23.3. The fraction of sp³-hybridized carbons (Fsp3) is 0.333. The van der Waals surface area contributed by atoms with Gasteiger partial charge in [0.1, 0.15) is 0 Å². The molecule has 0 saturated heterocycles. The maximum atomic E-state index is 5.40. The molecule has 204 valence electrons. The highest BCUT2D eigenvalue weighted by Crippen LogP contribution is 2.58. The summed E-state index contributed by atoms with van der Waals surface area (Å²) in [6, 6.07) is 26.1. The number of nitrogens with one attached hydrogen (secondary N) is 1. The van der Waals surface area contributed by atoms with Crippen molar-refractivity contribution < 1.29 is 0 Å². The second-order valence-electron chi connectivity index (χ2n) is 12.4. The van der Waals surface area contributed by atoms with Gasteiger partial charge in [-0.05, 0) is 53.6 Å². The number of anilines is 4. The van der Waals surface area contributed by atoms with Crippen LogP contribution in [-0.2, 0) is 5.41 Å². The number of hydrogen-bond donors (Lipinski definition) is 1. The van der Waals surface area contributed by atoms with Crippen molar-refractivity contribution in [2.24, 2.45) is 5.41 Å².